The second-order valence-corrected chi connectivity index (χ2v) is 7.79. The molecule has 140 valence electrons. The lowest BCUT2D eigenvalue weighted by Gasteiger charge is -2.31. The summed E-state index contributed by atoms with van der Waals surface area (Å²) in [5.74, 6) is 0.433. The molecule has 1 aliphatic heterocycles. The molecule has 1 aromatic heterocycles. The van der Waals surface area contributed by atoms with E-state index >= 15 is 0 Å². The summed E-state index contributed by atoms with van der Waals surface area (Å²) in [6.07, 6.45) is 2.76. The number of para-hydroxylation sites is 1. The molecule has 1 amide bonds. The summed E-state index contributed by atoms with van der Waals surface area (Å²) in [6.45, 7) is 7.03. The van der Waals surface area contributed by atoms with Crippen LogP contribution in [0.15, 0.2) is 36.5 Å². The number of ether oxygens (including phenoxy) is 1. The third kappa shape index (κ3) is 4.05. The molecule has 1 aliphatic rings. The van der Waals surface area contributed by atoms with Crippen molar-refractivity contribution in [2.24, 2.45) is 5.92 Å². The summed E-state index contributed by atoms with van der Waals surface area (Å²) in [6, 6.07) is 10.4. The first-order valence-electron chi connectivity index (χ1n) is 9.26. The quantitative estimate of drug-likeness (QED) is 0.846. The van der Waals surface area contributed by atoms with Crippen LogP contribution in [0.2, 0.25) is 0 Å². The van der Waals surface area contributed by atoms with Crippen LogP contribution in [0.3, 0.4) is 0 Å². The highest BCUT2D eigenvalue weighted by molar-refractivity contribution is 5.84. The molecule has 0 spiro atoms. The van der Waals surface area contributed by atoms with Crippen LogP contribution in [0.1, 0.15) is 19.4 Å². The number of aromatic nitrogens is 1. The number of hydrogen-bond donors (Lipinski definition) is 0. The minimum Gasteiger partial charge on any atom is -0.369 e. The molecule has 0 aliphatic carbocycles. The zero-order valence-corrected chi connectivity index (χ0v) is 16.2. The van der Waals surface area contributed by atoms with Gasteiger partial charge >= 0.3 is 0 Å². The first kappa shape index (κ1) is 18.8. The number of methoxy groups -OCH3 is 1. The number of likely N-dealkylation sites (N-methyl/N-ethyl adjacent to an activating group) is 1. The summed E-state index contributed by atoms with van der Waals surface area (Å²) in [5.41, 5.74) is 1.54. The molecule has 5 heteroatoms. The number of benzene rings is 1. The van der Waals surface area contributed by atoms with Crippen molar-refractivity contribution in [3.8, 4) is 0 Å². The molecule has 3 rings (SSSR count). The van der Waals surface area contributed by atoms with Crippen LogP contribution in [-0.4, -0.2) is 66.6 Å². The van der Waals surface area contributed by atoms with Crippen molar-refractivity contribution in [2.45, 2.75) is 25.9 Å². The van der Waals surface area contributed by atoms with E-state index in [2.05, 4.69) is 41.2 Å². The molecule has 5 nitrogen and oxygen atoms in total. The lowest BCUT2D eigenvalue weighted by atomic mass is 9.96. The first-order chi connectivity index (χ1) is 12.4. The molecule has 1 saturated heterocycles. The fourth-order valence-electron chi connectivity index (χ4n) is 3.71. The Balaban J connectivity index is 1.82. The number of carbonyl (C=O) groups excluding carboxylic acids is 1. The fraction of sp³-hybridized carbons (Fsp3) is 0.524. The zero-order valence-electron chi connectivity index (χ0n) is 16.2. The molecule has 0 bridgehead atoms. The van der Waals surface area contributed by atoms with Crippen molar-refractivity contribution in [1.82, 2.24) is 14.8 Å². The van der Waals surface area contributed by atoms with E-state index < -0.39 is 5.60 Å². The van der Waals surface area contributed by atoms with Gasteiger partial charge in [-0.15, -0.1) is 0 Å². The van der Waals surface area contributed by atoms with Gasteiger partial charge in [0, 0.05) is 44.9 Å². The number of pyridine rings is 1. The number of rotatable bonds is 4. The summed E-state index contributed by atoms with van der Waals surface area (Å²) in [5, 5.41) is 1.17. The lowest BCUT2D eigenvalue weighted by Crippen LogP contribution is -2.48. The Morgan fingerprint density at radius 1 is 1.23 bits per heavy atom. The van der Waals surface area contributed by atoms with Gasteiger partial charge < -0.3 is 14.5 Å². The average molecular weight is 355 g/mol. The Kier molecular flexibility index (Phi) is 5.58. The highest BCUT2D eigenvalue weighted by Crippen LogP contribution is 2.23. The minimum absolute atomic E-state index is 0.0661. The van der Waals surface area contributed by atoms with Crippen molar-refractivity contribution in [2.75, 3.05) is 40.3 Å². The number of amides is 1. The number of nitrogens with zero attached hydrogens (tertiary/aromatic N) is 3. The van der Waals surface area contributed by atoms with Gasteiger partial charge in [-0.25, -0.2) is 0 Å². The van der Waals surface area contributed by atoms with Crippen molar-refractivity contribution >= 4 is 16.8 Å². The summed E-state index contributed by atoms with van der Waals surface area (Å²) in [7, 11) is 3.73. The van der Waals surface area contributed by atoms with E-state index in [1.807, 2.05) is 31.0 Å². The SMILES string of the molecule is COC(C)(C)C(=O)N1CCN(C)CC(Cc2cccc3cccnc23)C1. The zero-order chi connectivity index (χ0) is 18.7. The van der Waals surface area contributed by atoms with Crippen LogP contribution in [0.25, 0.3) is 10.9 Å². The monoisotopic (exact) mass is 355 g/mol. The standard InChI is InChI=1S/C21H29N3O2/c1-21(2,26-4)20(25)24-12-11-23(3)14-16(15-24)13-18-8-5-7-17-9-6-10-22-19(17)18/h5-10,16H,11-15H2,1-4H3. The van der Waals surface area contributed by atoms with Gasteiger partial charge in [-0.2, -0.15) is 0 Å². The molecule has 1 unspecified atom stereocenters. The second-order valence-electron chi connectivity index (χ2n) is 7.79. The van der Waals surface area contributed by atoms with Gasteiger partial charge in [-0.3, -0.25) is 9.78 Å². The van der Waals surface area contributed by atoms with E-state index in [1.54, 1.807) is 7.11 Å². The Morgan fingerprint density at radius 3 is 2.77 bits per heavy atom. The highest BCUT2D eigenvalue weighted by atomic mass is 16.5. The van der Waals surface area contributed by atoms with Crippen LogP contribution >= 0.6 is 0 Å². The van der Waals surface area contributed by atoms with Gasteiger partial charge in [0.25, 0.3) is 5.91 Å². The minimum atomic E-state index is -0.783. The molecular formula is C21H29N3O2. The Labute approximate surface area is 156 Å². The molecule has 0 radical (unpaired) electrons. The Morgan fingerprint density at radius 2 is 2.00 bits per heavy atom. The molecule has 2 aromatic rings. The molecular weight excluding hydrogens is 326 g/mol. The van der Waals surface area contributed by atoms with E-state index in [-0.39, 0.29) is 5.91 Å². The summed E-state index contributed by atoms with van der Waals surface area (Å²) < 4.78 is 5.42. The molecule has 0 saturated carbocycles. The second kappa shape index (κ2) is 7.72. The van der Waals surface area contributed by atoms with Crippen molar-refractivity contribution in [1.29, 1.82) is 0 Å². The maximum Gasteiger partial charge on any atom is 0.254 e. The van der Waals surface area contributed by atoms with Gasteiger partial charge in [0.15, 0.2) is 0 Å². The van der Waals surface area contributed by atoms with Crippen LogP contribution in [0.4, 0.5) is 0 Å². The normalized spacial score (nSPS) is 19.5. The Hall–Kier alpha value is -1.98. The fourth-order valence-corrected chi connectivity index (χ4v) is 3.71. The molecule has 1 atom stereocenters. The van der Waals surface area contributed by atoms with Crippen LogP contribution in [-0.2, 0) is 16.0 Å². The molecule has 26 heavy (non-hydrogen) atoms. The first-order valence-corrected chi connectivity index (χ1v) is 9.26. The van der Waals surface area contributed by atoms with Gasteiger partial charge in [0.2, 0.25) is 0 Å². The van der Waals surface area contributed by atoms with Crippen molar-refractivity contribution < 1.29 is 9.53 Å². The van der Waals surface area contributed by atoms with Crippen molar-refractivity contribution in [3.05, 3.63) is 42.1 Å². The van der Waals surface area contributed by atoms with Gasteiger partial charge in [0.05, 0.1) is 5.52 Å². The molecule has 0 N–H and O–H groups in total. The summed E-state index contributed by atoms with van der Waals surface area (Å²) in [4.78, 5) is 21.8. The van der Waals surface area contributed by atoms with Crippen LogP contribution in [0.5, 0.6) is 0 Å². The van der Waals surface area contributed by atoms with E-state index in [0.717, 1.165) is 38.1 Å². The van der Waals surface area contributed by atoms with Gasteiger partial charge in [0.1, 0.15) is 5.60 Å². The molecule has 1 aromatic carbocycles. The maximum atomic E-state index is 12.9. The van der Waals surface area contributed by atoms with Gasteiger partial charge in [-0.05, 0) is 44.9 Å². The van der Waals surface area contributed by atoms with Crippen LogP contribution in [0, 0.1) is 5.92 Å². The highest BCUT2D eigenvalue weighted by Gasteiger charge is 2.34. The predicted molar refractivity (Wildman–Crippen MR) is 104 cm³/mol. The lowest BCUT2D eigenvalue weighted by molar-refractivity contribution is -0.151. The Bertz CT molecular complexity index is 769. The maximum absolute atomic E-state index is 12.9. The smallest absolute Gasteiger partial charge is 0.254 e. The number of hydrogen-bond acceptors (Lipinski definition) is 4. The van der Waals surface area contributed by atoms with E-state index in [1.165, 1.54) is 10.9 Å². The summed E-state index contributed by atoms with van der Waals surface area (Å²) >= 11 is 0. The largest absolute Gasteiger partial charge is 0.369 e. The third-order valence-electron chi connectivity index (χ3n) is 5.34. The topological polar surface area (TPSA) is 45.7 Å². The third-order valence-corrected chi connectivity index (χ3v) is 5.34. The average Bonchev–Trinajstić information content (AvgIpc) is 2.82. The van der Waals surface area contributed by atoms with Gasteiger partial charge in [-0.1, -0.05) is 24.3 Å². The molecule has 1 fully saturated rings. The van der Waals surface area contributed by atoms with E-state index in [4.69, 9.17) is 4.74 Å². The van der Waals surface area contributed by atoms with Crippen LogP contribution < -0.4 is 0 Å². The number of fused-ring (bicyclic) bond motifs is 1. The molecule has 2 heterocycles. The van der Waals surface area contributed by atoms with E-state index in [0.29, 0.717) is 5.92 Å². The van der Waals surface area contributed by atoms with E-state index in [9.17, 15) is 4.79 Å². The van der Waals surface area contributed by atoms with Crippen molar-refractivity contribution in [3.63, 3.8) is 0 Å². The predicted octanol–water partition coefficient (Wildman–Crippen LogP) is 2.59. The number of carbonyl (C=O) groups is 1.